The van der Waals surface area contributed by atoms with Gasteiger partial charge in [0, 0.05) is 36.1 Å². The van der Waals surface area contributed by atoms with Crippen LogP contribution in [0, 0.1) is 6.92 Å². The molecule has 0 aliphatic heterocycles. The number of halogens is 1. The van der Waals surface area contributed by atoms with E-state index in [1.165, 1.54) is 0 Å². The van der Waals surface area contributed by atoms with Crippen molar-refractivity contribution in [3.8, 4) is 11.8 Å². The van der Waals surface area contributed by atoms with Gasteiger partial charge < -0.3 is 10.1 Å². The first kappa shape index (κ1) is 14.8. The maximum atomic E-state index is 6.15. The Morgan fingerprint density at radius 1 is 1.30 bits per heavy atom. The van der Waals surface area contributed by atoms with E-state index in [1.54, 1.807) is 6.20 Å². The van der Waals surface area contributed by atoms with Crippen molar-refractivity contribution in [1.29, 1.82) is 0 Å². The fourth-order valence-corrected chi connectivity index (χ4v) is 1.73. The molecular formula is C14H19ClN4O. The third kappa shape index (κ3) is 4.21. The number of nitrogens with one attached hydrogen (secondary N) is 2. The lowest BCUT2D eigenvalue weighted by Gasteiger charge is -2.21. The van der Waals surface area contributed by atoms with Crippen LogP contribution in [-0.4, -0.2) is 20.7 Å². The minimum atomic E-state index is 0.0208. The molecule has 0 aliphatic rings. The van der Waals surface area contributed by atoms with Gasteiger partial charge >= 0.3 is 0 Å². The van der Waals surface area contributed by atoms with Gasteiger partial charge in [-0.25, -0.2) is 4.98 Å². The SMILES string of the molecule is Cc1cc(Oc2cc(CNC(C)(C)C)c(Cl)cn2)n[nH]1. The van der Waals surface area contributed by atoms with Gasteiger partial charge in [-0.15, -0.1) is 5.10 Å². The summed E-state index contributed by atoms with van der Waals surface area (Å²) in [5.41, 5.74) is 1.90. The molecule has 0 fully saturated rings. The minimum absolute atomic E-state index is 0.0208. The summed E-state index contributed by atoms with van der Waals surface area (Å²) in [5, 5.41) is 10.8. The second kappa shape index (κ2) is 5.81. The molecule has 6 heteroatoms. The Labute approximate surface area is 123 Å². The number of pyridine rings is 1. The normalized spacial score (nSPS) is 11.7. The van der Waals surface area contributed by atoms with Crippen molar-refractivity contribution in [2.45, 2.75) is 39.8 Å². The van der Waals surface area contributed by atoms with E-state index >= 15 is 0 Å². The van der Waals surface area contributed by atoms with E-state index in [4.69, 9.17) is 16.3 Å². The van der Waals surface area contributed by atoms with E-state index in [2.05, 4.69) is 41.3 Å². The lowest BCUT2D eigenvalue weighted by Crippen LogP contribution is -2.35. The van der Waals surface area contributed by atoms with Gasteiger partial charge in [0.05, 0.1) is 5.02 Å². The number of aromatic nitrogens is 3. The summed E-state index contributed by atoms with van der Waals surface area (Å²) in [4.78, 5) is 4.15. The number of nitrogens with zero attached hydrogens (tertiary/aromatic N) is 2. The van der Waals surface area contributed by atoms with Crippen LogP contribution < -0.4 is 10.1 Å². The number of hydrogen-bond donors (Lipinski definition) is 2. The molecule has 0 atom stereocenters. The Kier molecular flexibility index (Phi) is 4.30. The second-order valence-electron chi connectivity index (χ2n) is 5.71. The predicted molar refractivity (Wildman–Crippen MR) is 79.2 cm³/mol. The van der Waals surface area contributed by atoms with Crippen molar-refractivity contribution >= 4 is 11.6 Å². The molecule has 2 rings (SSSR count). The third-order valence-electron chi connectivity index (χ3n) is 2.61. The molecule has 0 aliphatic carbocycles. The highest BCUT2D eigenvalue weighted by Gasteiger charge is 2.12. The molecule has 20 heavy (non-hydrogen) atoms. The van der Waals surface area contributed by atoms with Gasteiger partial charge in [0.15, 0.2) is 0 Å². The van der Waals surface area contributed by atoms with Crippen molar-refractivity contribution in [3.05, 3.63) is 34.6 Å². The van der Waals surface area contributed by atoms with Crippen molar-refractivity contribution in [1.82, 2.24) is 20.5 Å². The molecule has 0 spiro atoms. The average Bonchev–Trinajstić information content (AvgIpc) is 2.74. The molecule has 108 valence electrons. The Balaban J connectivity index is 2.11. The predicted octanol–water partition coefficient (Wildman–Crippen LogP) is 3.45. The number of aryl methyl sites for hydroxylation is 1. The van der Waals surface area contributed by atoms with Gasteiger partial charge in [0.25, 0.3) is 0 Å². The number of hydrogen-bond acceptors (Lipinski definition) is 4. The molecule has 0 bridgehead atoms. The third-order valence-corrected chi connectivity index (χ3v) is 2.95. The Morgan fingerprint density at radius 2 is 2.05 bits per heavy atom. The van der Waals surface area contributed by atoms with Gasteiger partial charge in [-0.05, 0) is 33.3 Å². The maximum Gasteiger partial charge on any atom is 0.240 e. The highest BCUT2D eigenvalue weighted by molar-refractivity contribution is 6.31. The Hall–Kier alpha value is -1.59. The summed E-state index contributed by atoms with van der Waals surface area (Å²) in [7, 11) is 0. The van der Waals surface area contributed by atoms with Crippen molar-refractivity contribution in [2.75, 3.05) is 0 Å². The molecule has 2 heterocycles. The van der Waals surface area contributed by atoms with Crippen molar-refractivity contribution in [3.63, 3.8) is 0 Å². The summed E-state index contributed by atoms with van der Waals surface area (Å²) in [6.07, 6.45) is 1.59. The zero-order chi connectivity index (χ0) is 14.8. The summed E-state index contributed by atoms with van der Waals surface area (Å²) in [6.45, 7) is 8.87. The molecule has 5 nitrogen and oxygen atoms in total. The highest BCUT2D eigenvalue weighted by atomic mass is 35.5. The van der Waals surface area contributed by atoms with Crippen LogP contribution in [0.1, 0.15) is 32.0 Å². The van der Waals surface area contributed by atoms with Crippen LogP contribution >= 0.6 is 11.6 Å². The Bertz CT molecular complexity index is 589. The summed E-state index contributed by atoms with van der Waals surface area (Å²) in [5.74, 6) is 0.971. The van der Waals surface area contributed by atoms with Crippen LogP contribution in [-0.2, 0) is 6.54 Å². The monoisotopic (exact) mass is 294 g/mol. The zero-order valence-corrected chi connectivity index (χ0v) is 12.9. The van der Waals surface area contributed by atoms with Gasteiger partial charge in [0.2, 0.25) is 11.8 Å². The zero-order valence-electron chi connectivity index (χ0n) is 12.1. The first-order valence-corrected chi connectivity index (χ1v) is 6.80. The van der Waals surface area contributed by atoms with Crippen molar-refractivity contribution in [2.24, 2.45) is 0 Å². The number of aromatic amines is 1. The van der Waals surface area contributed by atoms with E-state index in [1.807, 2.05) is 19.1 Å². The molecule has 2 aromatic heterocycles. The molecule has 0 saturated heterocycles. The molecule has 0 radical (unpaired) electrons. The van der Waals surface area contributed by atoms with E-state index in [9.17, 15) is 0 Å². The molecular weight excluding hydrogens is 276 g/mol. The highest BCUT2D eigenvalue weighted by Crippen LogP contribution is 2.23. The molecule has 2 N–H and O–H groups in total. The van der Waals surface area contributed by atoms with Gasteiger partial charge in [-0.1, -0.05) is 11.6 Å². The molecule has 0 amide bonds. The van der Waals surface area contributed by atoms with Gasteiger partial charge in [-0.3, -0.25) is 5.10 Å². The minimum Gasteiger partial charge on any atom is -0.419 e. The van der Waals surface area contributed by atoms with Crippen molar-refractivity contribution < 1.29 is 4.74 Å². The van der Waals surface area contributed by atoms with Crippen LogP contribution in [0.25, 0.3) is 0 Å². The first-order valence-electron chi connectivity index (χ1n) is 6.43. The maximum absolute atomic E-state index is 6.15. The largest absolute Gasteiger partial charge is 0.419 e. The summed E-state index contributed by atoms with van der Waals surface area (Å²) >= 11 is 6.15. The molecule has 0 unspecified atom stereocenters. The van der Waals surface area contributed by atoms with Crippen LogP contribution in [0.5, 0.6) is 11.8 Å². The molecule has 2 aromatic rings. The fraction of sp³-hybridized carbons (Fsp3) is 0.429. The van der Waals surface area contributed by atoms with E-state index in [-0.39, 0.29) is 5.54 Å². The standard InChI is InChI=1S/C14H19ClN4O/c1-9-5-13(19-18-9)20-12-6-10(11(15)8-16-12)7-17-14(2,3)4/h5-6,8,17H,7H2,1-4H3,(H,18,19). The molecule has 0 saturated carbocycles. The number of rotatable bonds is 4. The van der Waals surface area contributed by atoms with E-state index < -0.39 is 0 Å². The average molecular weight is 295 g/mol. The van der Waals surface area contributed by atoms with Crippen LogP contribution in [0.4, 0.5) is 0 Å². The number of ether oxygens (including phenoxy) is 1. The number of H-pyrrole nitrogens is 1. The second-order valence-corrected chi connectivity index (χ2v) is 6.12. The lowest BCUT2D eigenvalue weighted by atomic mass is 10.1. The topological polar surface area (TPSA) is 62.8 Å². The van der Waals surface area contributed by atoms with E-state index in [0.717, 1.165) is 11.3 Å². The van der Waals surface area contributed by atoms with Gasteiger partial charge in [0.1, 0.15) is 0 Å². The first-order chi connectivity index (χ1) is 9.33. The Morgan fingerprint density at radius 3 is 2.65 bits per heavy atom. The molecule has 0 aromatic carbocycles. The smallest absolute Gasteiger partial charge is 0.240 e. The summed E-state index contributed by atoms with van der Waals surface area (Å²) in [6, 6.07) is 3.63. The van der Waals surface area contributed by atoms with E-state index in [0.29, 0.717) is 23.3 Å². The lowest BCUT2D eigenvalue weighted by molar-refractivity contribution is 0.420. The van der Waals surface area contributed by atoms with Crippen LogP contribution in [0.3, 0.4) is 0 Å². The fourth-order valence-electron chi connectivity index (χ4n) is 1.56. The summed E-state index contributed by atoms with van der Waals surface area (Å²) < 4.78 is 5.59. The van der Waals surface area contributed by atoms with Gasteiger partial charge in [-0.2, -0.15) is 0 Å². The quantitative estimate of drug-likeness (QED) is 0.906. The van der Waals surface area contributed by atoms with Crippen LogP contribution in [0.15, 0.2) is 18.3 Å². The van der Waals surface area contributed by atoms with Crippen LogP contribution in [0.2, 0.25) is 5.02 Å².